The third-order valence-corrected chi connectivity index (χ3v) is 11.4. The monoisotopic (exact) mass is 681 g/mol. The van der Waals surface area contributed by atoms with Crippen LogP contribution in [0.4, 0.5) is 0 Å². The van der Waals surface area contributed by atoms with Crippen molar-refractivity contribution in [3.8, 4) is 45.2 Å². The number of para-hydroxylation sites is 1. The molecule has 11 rings (SSSR count). The molecule has 4 aromatic heterocycles. The number of hydrogen-bond acceptors (Lipinski definition) is 5. The first-order chi connectivity index (χ1) is 25.8. The zero-order valence-corrected chi connectivity index (χ0v) is 28.6. The van der Waals surface area contributed by atoms with Crippen molar-refractivity contribution in [3.05, 3.63) is 164 Å². The molecule has 0 saturated carbocycles. The molecule has 11 aromatic rings. The Balaban J connectivity index is 1.16. The van der Waals surface area contributed by atoms with Crippen LogP contribution >= 0.6 is 11.3 Å². The van der Waals surface area contributed by atoms with Gasteiger partial charge in [-0.1, -0.05) is 140 Å². The summed E-state index contributed by atoms with van der Waals surface area (Å²) < 4.78 is 8.81. The van der Waals surface area contributed by atoms with E-state index in [2.05, 4.69) is 146 Å². The predicted molar refractivity (Wildman–Crippen MR) is 217 cm³/mol. The highest BCUT2D eigenvalue weighted by atomic mass is 32.1. The molecular weight excluding hydrogens is 655 g/mol. The molecule has 0 fully saturated rings. The molecule has 0 spiro atoms. The van der Waals surface area contributed by atoms with Gasteiger partial charge in [0.1, 0.15) is 5.58 Å². The van der Waals surface area contributed by atoms with Gasteiger partial charge in [-0.15, -0.1) is 11.3 Å². The molecule has 0 radical (unpaired) electrons. The van der Waals surface area contributed by atoms with Crippen LogP contribution in [0.5, 0.6) is 0 Å². The lowest BCUT2D eigenvalue weighted by molar-refractivity contribution is 0.655. The van der Waals surface area contributed by atoms with Crippen molar-refractivity contribution in [2.45, 2.75) is 0 Å². The maximum atomic E-state index is 6.36. The van der Waals surface area contributed by atoms with Crippen LogP contribution in [0, 0.1) is 0 Å². The highest BCUT2D eigenvalue weighted by molar-refractivity contribution is 7.26. The Morgan fingerprint density at radius 2 is 1.06 bits per heavy atom. The standard InChI is InChI=1S/C47H27N3OS/c1-2-13-28(14-3-1)39-27-40(49-46(48-39)38-22-12-21-36-32-17-9-11-24-42(32)52-45(36)38)31-25-26-35(30-16-5-4-15-29(30)31)44-34-19-7-6-18-33(34)43-37-20-8-10-23-41(37)51-47(43)50-44/h1-27H. The van der Waals surface area contributed by atoms with Gasteiger partial charge in [0.25, 0.3) is 0 Å². The molecule has 0 atom stereocenters. The van der Waals surface area contributed by atoms with E-state index >= 15 is 0 Å². The molecule has 4 nitrogen and oxygen atoms in total. The van der Waals surface area contributed by atoms with Crippen LogP contribution in [0.25, 0.3) is 109 Å². The van der Waals surface area contributed by atoms with Crippen LogP contribution in [0.2, 0.25) is 0 Å². The van der Waals surface area contributed by atoms with Crippen molar-refractivity contribution in [1.82, 2.24) is 15.0 Å². The van der Waals surface area contributed by atoms with Gasteiger partial charge in [-0.05, 0) is 40.4 Å². The van der Waals surface area contributed by atoms with Gasteiger partial charge >= 0.3 is 0 Å². The fourth-order valence-corrected chi connectivity index (χ4v) is 8.97. The molecule has 0 aliphatic rings. The molecule has 5 heteroatoms. The van der Waals surface area contributed by atoms with E-state index in [1.54, 1.807) is 11.3 Å². The van der Waals surface area contributed by atoms with Gasteiger partial charge in [-0.2, -0.15) is 0 Å². The van der Waals surface area contributed by atoms with Crippen LogP contribution < -0.4 is 0 Å². The molecule has 242 valence electrons. The first-order valence-electron chi connectivity index (χ1n) is 17.4. The highest BCUT2D eigenvalue weighted by Gasteiger charge is 2.20. The summed E-state index contributed by atoms with van der Waals surface area (Å²) in [5.74, 6) is 0.713. The highest BCUT2D eigenvalue weighted by Crippen LogP contribution is 2.43. The molecule has 7 aromatic carbocycles. The van der Waals surface area contributed by atoms with Crippen molar-refractivity contribution in [2.24, 2.45) is 0 Å². The number of hydrogen-bond donors (Lipinski definition) is 0. The Labute approximate surface area is 302 Å². The zero-order chi connectivity index (χ0) is 34.2. The molecule has 0 amide bonds. The number of pyridine rings is 1. The molecule has 52 heavy (non-hydrogen) atoms. The molecule has 0 unspecified atom stereocenters. The minimum absolute atomic E-state index is 0.645. The van der Waals surface area contributed by atoms with E-state index in [1.165, 1.54) is 20.2 Å². The first-order valence-corrected chi connectivity index (χ1v) is 18.2. The summed E-state index contributed by atoms with van der Waals surface area (Å²) >= 11 is 1.80. The van der Waals surface area contributed by atoms with Gasteiger partial charge < -0.3 is 4.42 Å². The van der Waals surface area contributed by atoms with Gasteiger partial charge in [0.2, 0.25) is 5.71 Å². The fourth-order valence-electron chi connectivity index (χ4n) is 7.76. The summed E-state index contributed by atoms with van der Waals surface area (Å²) in [6.07, 6.45) is 0. The van der Waals surface area contributed by atoms with Crippen LogP contribution in [0.15, 0.2) is 168 Å². The number of aromatic nitrogens is 3. The maximum Gasteiger partial charge on any atom is 0.228 e. The summed E-state index contributed by atoms with van der Waals surface area (Å²) in [6, 6.07) is 57.2. The number of benzene rings is 7. The summed E-state index contributed by atoms with van der Waals surface area (Å²) in [5.41, 5.74) is 8.31. The number of fused-ring (bicyclic) bond motifs is 9. The Kier molecular flexibility index (Phi) is 6.39. The molecule has 0 bridgehead atoms. The lowest BCUT2D eigenvalue weighted by Gasteiger charge is -2.15. The van der Waals surface area contributed by atoms with E-state index in [9.17, 15) is 0 Å². The van der Waals surface area contributed by atoms with Crippen LogP contribution in [0.1, 0.15) is 0 Å². The van der Waals surface area contributed by atoms with Gasteiger partial charge in [-0.25, -0.2) is 15.0 Å². The Morgan fingerprint density at radius 3 is 1.90 bits per heavy atom. The van der Waals surface area contributed by atoms with Crippen LogP contribution in [-0.2, 0) is 0 Å². The normalized spacial score (nSPS) is 11.8. The van der Waals surface area contributed by atoms with E-state index in [0.29, 0.717) is 11.5 Å². The summed E-state index contributed by atoms with van der Waals surface area (Å²) in [6.45, 7) is 0. The lowest BCUT2D eigenvalue weighted by Crippen LogP contribution is -1.97. The van der Waals surface area contributed by atoms with Crippen molar-refractivity contribution in [1.29, 1.82) is 0 Å². The molecular formula is C47H27N3OS. The van der Waals surface area contributed by atoms with E-state index < -0.39 is 0 Å². The van der Waals surface area contributed by atoms with Crippen LogP contribution in [0.3, 0.4) is 0 Å². The largest absolute Gasteiger partial charge is 0.438 e. The van der Waals surface area contributed by atoms with E-state index in [4.69, 9.17) is 19.4 Å². The van der Waals surface area contributed by atoms with Crippen molar-refractivity contribution < 1.29 is 4.42 Å². The topological polar surface area (TPSA) is 51.8 Å². The number of nitrogens with zero attached hydrogens (tertiary/aromatic N) is 3. The number of furan rings is 1. The molecule has 0 aliphatic heterocycles. The minimum Gasteiger partial charge on any atom is -0.438 e. The summed E-state index contributed by atoms with van der Waals surface area (Å²) in [4.78, 5) is 15.8. The van der Waals surface area contributed by atoms with Crippen LogP contribution in [-0.4, -0.2) is 15.0 Å². The third kappa shape index (κ3) is 4.43. The maximum absolute atomic E-state index is 6.36. The quantitative estimate of drug-likeness (QED) is 0.185. The summed E-state index contributed by atoms with van der Waals surface area (Å²) in [5, 5.41) is 9.02. The minimum atomic E-state index is 0.645. The van der Waals surface area contributed by atoms with Gasteiger partial charge in [0.05, 0.1) is 22.5 Å². The van der Waals surface area contributed by atoms with E-state index in [-0.39, 0.29) is 0 Å². The fraction of sp³-hybridized carbons (Fsp3) is 0. The SMILES string of the molecule is c1ccc(-c2cc(-c3ccc(-c4nc5oc6ccccc6c5c5ccccc45)c4ccccc34)nc(-c3cccc4c3sc3ccccc34)n2)cc1. The van der Waals surface area contributed by atoms with Crippen molar-refractivity contribution in [2.75, 3.05) is 0 Å². The summed E-state index contributed by atoms with van der Waals surface area (Å²) in [7, 11) is 0. The Hall–Kier alpha value is -6.69. The molecule has 4 heterocycles. The number of rotatable bonds is 4. The van der Waals surface area contributed by atoms with E-state index in [1.807, 2.05) is 18.2 Å². The smallest absolute Gasteiger partial charge is 0.228 e. The second-order valence-electron chi connectivity index (χ2n) is 13.1. The average molecular weight is 682 g/mol. The number of thiophene rings is 1. The predicted octanol–water partition coefficient (Wildman–Crippen LogP) is 13.1. The lowest BCUT2D eigenvalue weighted by atomic mass is 9.93. The third-order valence-electron chi connectivity index (χ3n) is 10.1. The second kappa shape index (κ2) is 11.4. The second-order valence-corrected chi connectivity index (χ2v) is 14.2. The zero-order valence-electron chi connectivity index (χ0n) is 27.7. The molecule has 0 aliphatic carbocycles. The van der Waals surface area contributed by atoms with E-state index in [0.717, 1.165) is 77.2 Å². The van der Waals surface area contributed by atoms with Crippen molar-refractivity contribution >= 4 is 75.1 Å². The van der Waals surface area contributed by atoms with Gasteiger partial charge in [0.15, 0.2) is 5.82 Å². The average Bonchev–Trinajstić information content (AvgIpc) is 3.79. The Bertz CT molecular complexity index is 3200. The van der Waals surface area contributed by atoms with Gasteiger partial charge in [-0.3, -0.25) is 0 Å². The first kappa shape index (κ1) is 29.1. The Morgan fingerprint density at radius 1 is 0.423 bits per heavy atom. The molecule has 0 saturated heterocycles. The van der Waals surface area contributed by atoms with Gasteiger partial charge in [0, 0.05) is 53.2 Å². The molecule has 0 N–H and O–H groups in total. The van der Waals surface area contributed by atoms with Crippen molar-refractivity contribution in [3.63, 3.8) is 0 Å².